The maximum absolute atomic E-state index is 13.1. The van der Waals surface area contributed by atoms with Gasteiger partial charge in [0.05, 0.1) is 50.1 Å². The fourth-order valence-electron chi connectivity index (χ4n) is 9.03. The van der Waals surface area contributed by atoms with E-state index >= 15 is 0 Å². The first-order chi connectivity index (χ1) is 20.9. The van der Waals surface area contributed by atoms with Crippen molar-refractivity contribution in [1.29, 1.82) is 0 Å². The van der Waals surface area contributed by atoms with Crippen LogP contribution in [0.2, 0.25) is 0 Å². The first-order valence-corrected chi connectivity index (χ1v) is 15.9. The maximum Gasteiger partial charge on any atom is 0.234 e. The molecule has 4 bridgehead atoms. The predicted molar refractivity (Wildman–Crippen MR) is 158 cm³/mol. The largest absolute Gasteiger partial charge is 0.379 e. The van der Waals surface area contributed by atoms with Gasteiger partial charge in [0.25, 0.3) is 0 Å². The Kier molecular flexibility index (Phi) is 8.59. The van der Waals surface area contributed by atoms with Gasteiger partial charge in [-0.25, -0.2) is 0 Å². The first kappa shape index (κ1) is 30.2. The van der Waals surface area contributed by atoms with E-state index in [1.165, 1.54) is 9.80 Å². The van der Waals surface area contributed by atoms with Crippen molar-refractivity contribution in [2.75, 3.05) is 52.7 Å². The molecule has 8 atom stereocenters. The number of hydrogen-bond donors (Lipinski definition) is 0. The number of ether oxygens (including phenoxy) is 3. The molecule has 2 saturated carbocycles. The average Bonchev–Trinajstić information content (AvgIpc) is 3.81. The number of rotatable bonds is 18. The van der Waals surface area contributed by atoms with Gasteiger partial charge in [-0.15, -0.1) is 13.2 Å². The predicted octanol–water partition coefficient (Wildman–Crippen LogP) is 3.32. The van der Waals surface area contributed by atoms with Crippen molar-refractivity contribution >= 4 is 23.6 Å². The van der Waals surface area contributed by atoms with Gasteiger partial charge in [-0.3, -0.25) is 29.0 Å². The monoisotopic (exact) mass is 592 g/mol. The summed E-state index contributed by atoms with van der Waals surface area (Å²) in [6.07, 6.45) is 16.7. The van der Waals surface area contributed by atoms with Gasteiger partial charge in [-0.1, -0.05) is 36.5 Å². The number of imide groups is 2. The Morgan fingerprint density at radius 2 is 1.05 bits per heavy atom. The molecule has 0 aromatic carbocycles. The summed E-state index contributed by atoms with van der Waals surface area (Å²) >= 11 is 0. The second kappa shape index (κ2) is 12.3. The molecule has 0 aromatic heterocycles. The lowest BCUT2D eigenvalue weighted by molar-refractivity contribution is -0.143. The lowest BCUT2D eigenvalue weighted by Crippen LogP contribution is -2.36. The second-order valence-electron chi connectivity index (χ2n) is 13.1. The molecule has 9 nitrogen and oxygen atoms in total. The number of allylic oxidation sites excluding steroid dienone is 6. The highest BCUT2D eigenvalue weighted by atomic mass is 16.5. The highest BCUT2D eigenvalue weighted by molar-refractivity contribution is 6.07. The Labute approximate surface area is 253 Å². The topological polar surface area (TPSA) is 102 Å². The highest BCUT2D eigenvalue weighted by Crippen LogP contribution is 2.62. The van der Waals surface area contributed by atoms with Crippen LogP contribution in [0.25, 0.3) is 0 Å². The van der Waals surface area contributed by atoms with Crippen molar-refractivity contribution in [1.82, 2.24) is 9.80 Å². The summed E-state index contributed by atoms with van der Waals surface area (Å²) in [6, 6.07) is 0. The van der Waals surface area contributed by atoms with Crippen LogP contribution < -0.4 is 0 Å². The Morgan fingerprint density at radius 1 is 0.651 bits per heavy atom. The number of amides is 4. The van der Waals surface area contributed by atoms with E-state index in [1.807, 2.05) is 12.2 Å². The van der Waals surface area contributed by atoms with E-state index in [1.54, 1.807) is 0 Å². The van der Waals surface area contributed by atoms with Crippen LogP contribution in [0.15, 0.2) is 49.6 Å². The summed E-state index contributed by atoms with van der Waals surface area (Å²) < 4.78 is 16.9. The summed E-state index contributed by atoms with van der Waals surface area (Å²) in [5, 5.41) is 0. The smallest absolute Gasteiger partial charge is 0.234 e. The fourth-order valence-corrected chi connectivity index (χ4v) is 9.03. The summed E-state index contributed by atoms with van der Waals surface area (Å²) in [5.74, 6) is -0.669. The lowest BCUT2D eigenvalue weighted by Gasteiger charge is -2.29. The van der Waals surface area contributed by atoms with Crippen molar-refractivity contribution < 1.29 is 33.4 Å². The van der Waals surface area contributed by atoms with Crippen LogP contribution in [0.5, 0.6) is 0 Å². The van der Waals surface area contributed by atoms with E-state index in [0.29, 0.717) is 65.6 Å². The van der Waals surface area contributed by atoms with Crippen molar-refractivity contribution in [3.63, 3.8) is 0 Å². The van der Waals surface area contributed by atoms with Crippen LogP contribution in [-0.4, -0.2) is 86.2 Å². The van der Waals surface area contributed by atoms with Gasteiger partial charge in [0, 0.05) is 37.1 Å². The number of carbonyl (C=O) groups is 4. The molecule has 4 aliphatic carbocycles. The minimum atomic E-state index is -0.239. The third-order valence-electron chi connectivity index (χ3n) is 10.8. The molecule has 2 aliphatic heterocycles. The van der Waals surface area contributed by atoms with E-state index < -0.39 is 0 Å². The number of hydrogen-bond acceptors (Lipinski definition) is 7. The van der Waals surface area contributed by atoms with Crippen molar-refractivity contribution in [3.8, 4) is 0 Å². The van der Waals surface area contributed by atoms with Crippen molar-refractivity contribution in [2.45, 2.75) is 38.5 Å². The number of carbonyl (C=O) groups excluding carboxylic acids is 4. The Balaban J connectivity index is 0.793. The quantitative estimate of drug-likeness (QED) is 0.137. The van der Waals surface area contributed by atoms with Crippen molar-refractivity contribution in [2.24, 2.45) is 46.3 Å². The molecular formula is C34H44N2O7. The molecule has 0 aromatic rings. The number of likely N-dealkylation sites (tertiary alicyclic amines) is 2. The SMILES string of the molecule is C=CCC12C=CC(C1)C1C(=O)N(CCCOCCOCCOCCCN3C(=O)C4C5C=CC(CC=C)(C5)C4C3=O)C(=O)C12. The number of nitrogens with zero attached hydrogens (tertiary/aromatic N) is 2. The highest BCUT2D eigenvalue weighted by Gasteiger charge is 2.66. The van der Waals surface area contributed by atoms with Gasteiger partial charge in [-0.05, 0) is 50.4 Å². The molecule has 0 spiro atoms. The Hall–Kier alpha value is -2.88. The van der Waals surface area contributed by atoms with Gasteiger partial charge in [0.2, 0.25) is 23.6 Å². The number of fused-ring (bicyclic) bond motifs is 10. The molecule has 4 amide bonds. The van der Waals surface area contributed by atoms with Gasteiger partial charge in [0.1, 0.15) is 0 Å². The van der Waals surface area contributed by atoms with Crippen LogP contribution in [0.3, 0.4) is 0 Å². The minimum absolute atomic E-state index is 0.0269. The van der Waals surface area contributed by atoms with Crippen LogP contribution in [0.4, 0.5) is 0 Å². The van der Waals surface area contributed by atoms with Crippen LogP contribution in [0, 0.1) is 46.3 Å². The second-order valence-corrected chi connectivity index (χ2v) is 13.1. The summed E-state index contributed by atoms with van der Waals surface area (Å²) in [7, 11) is 0. The lowest BCUT2D eigenvalue weighted by atomic mass is 9.73. The standard InChI is InChI=1S/C34H44N2O7/c1-3-9-33-11-7-23(21-33)25-27(33)31(39)35(29(25)37)13-5-15-41-17-19-43-20-18-42-16-6-14-36-30(38)26-24-8-12-34(22-24,10-4-2)28(26)32(36)40/h3-4,7-8,11-12,23-28H,1-2,5-6,9-10,13-22H2. The summed E-state index contributed by atoms with van der Waals surface area (Å²) in [6.45, 7) is 11.1. The van der Waals surface area contributed by atoms with Crippen LogP contribution in [0.1, 0.15) is 38.5 Å². The van der Waals surface area contributed by atoms with E-state index in [4.69, 9.17) is 14.2 Å². The third kappa shape index (κ3) is 5.07. The molecule has 8 unspecified atom stereocenters. The molecule has 9 heteroatoms. The molecule has 2 saturated heterocycles. The van der Waals surface area contributed by atoms with Crippen LogP contribution in [-0.2, 0) is 33.4 Å². The minimum Gasteiger partial charge on any atom is -0.379 e. The Morgan fingerprint density at radius 3 is 1.44 bits per heavy atom. The zero-order chi connectivity index (χ0) is 30.2. The first-order valence-electron chi connectivity index (χ1n) is 15.9. The molecule has 4 fully saturated rings. The molecule has 232 valence electrons. The normalized spacial score (nSPS) is 36.5. The third-order valence-corrected chi connectivity index (χ3v) is 10.8. The van der Waals surface area contributed by atoms with E-state index in [9.17, 15) is 19.2 Å². The molecular weight excluding hydrogens is 548 g/mol. The summed E-state index contributed by atoms with van der Waals surface area (Å²) in [4.78, 5) is 55.1. The molecule has 2 heterocycles. The Bertz CT molecular complexity index is 1130. The van der Waals surface area contributed by atoms with Crippen LogP contribution >= 0.6 is 0 Å². The molecule has 0 radical (unpaired) electrons. The van der Waals surface area contributed by atoms with Gasteiger partial charge in [0.15, 0.2) is 0 Å². The van der Waals surface area contributed by atoms with Gasteiger partial charge < -0.3 is 14.2 Å². The fraction of sp³-hybridized carbons (Fsp3) is 0.647. The van der Waals surface area contributed by atoms with E-state index in [2.05, 4.69) is 37.5 Å². The molecule has 6 aliphatic rings. The summed E-state index contributed by atoms with van der Waals surface area (Å²) in [5.41, 5.74) is -0.456. The van der Waals surface area contributed by atoms with Crippen molar-refractivity contribution in [3.05, 3.63) is 49.6 Å². The zero-order valence-corrected chi connectivity index (χ0v) is 25.0. The van der Waals surface area contributed by atoms with E-state index in [0.717, 1.165) is 25.7 Å². The van der Waals surface area contributed by atoms with E-state index in [-0.39, 0.29) is 70.0 Å². The molecule has 43 heavy (non-hydrogen) atoms. The molecule has 0 N–H and O–H groups in total. The average molecular weight is 593 g/mol. The van der Waals surface area contributed by atoms with Gasteiger partial charge >= 0.3 is 0 Å². The zero-order valence-electron chi connectivity index (χ0n) is 25.0. The van der Waals surface area contributed by atoms with Gasteiger partial charge in [-0.2, -0.15) is 0 Å². The molecule has 6 rings (SSSR count). The maximum atomic E-state index is 13.1.